The summed E-state index contributed by atoms with van der Waals surface area (Å²) in [5.74, 6) is 0.429. The average Bonchev–Trinajstić information content (AvgIpc) is 3.13. The minimum Gasteiger partial charge on any atom is -0.497 e. The zero-order valence-electron chi connectivity index (χ0n) is 15.7. The lowest BCUT2D eigenvalue weighted by molar-refractivity contribution is -0.115. The predicted molar refractivity (Wildman–Crippen MR) is 113 cm³/mol. The summed E-state index contributed by atoms with van der Waals surface area (Å²) < 4.78 is 10.4. The van der Waals surface area contributed by atoms with Crippen LogP contribution in [0.2, 0.25) is 5.02 Å². The molecule has 2 aromatic carbocycles. The first-order valence-corrected chi connectivity index (χ1v) is 9.77. The number of halogens is 1. The molecule has 2 amide bonds. The Hall–Kier alpha value is -3.10. The van der Waals surface area contributed by atoms with Gasteiger partial charge in [0.05, 0.1) is 26.3 Å². The van der Waals surface area contributed by atoms with Gasteiger partial charge in [0.1, 0.15) is 11.5 Å². The van der Waals surface area contributed by atoms with Crippen molar-refractivity contribution in [2.45, 2.75) is 6.42 Å². The molecule has 3 rings (SSSR count). The molecule has 0 aliphatic rings. The molecule has 3 aromatic rings. The second-order valence-electron chi connectivity index (χ2n) is 5.93. The van der Waals surface area contributed by atoms with Gasteiger partial charge in [0.15, 0.2) is 5.13 Å². The highest BCUT2D eigenvalue weighted by Gasteiger charge is 2.13. The van der Waals surface area contributed by atoms with Gasteiger partial charge in [0.2, 0.25) is 5.91 Å². The minimum absolute atomic E-state index is 0.0753. The molecule has 0 fully saturated rings. The van der Waals surface area contributed by atoms with E-state index in [-0.39, 0.29) is 18.2 Å². The average molecular weight is 432 g/mol. The Labute approximate surface area is 176 Å². The lowest BCUT2D eigenvalue weighted by Gasteiger charge is -2.08. The molecule has 1 heterocycles. The van der Waals surface area contributed by atoms with Crippen LogP contribution < -0.4 is 20.1 Å². The number of methoxy groups -OCH3 is 2. The quantitative estimate of drug-likeness (QED) is 0.583. The summed E-state index contributed by atoms with van der Waals surface area (Å²) in [6, 6.07) is 11.8. The standard InChI is InChI=1S/C20H18ClN3O4S/c1-27-16-6-12(7-17(10-16)28-2)19(26)24-20-23-15(11-29-20)9-18(25)22-14-5-3-4-13(21)8-14/h3-8,10-11H,9H2,1-2H3,(H,22,25)(H,23,24,26). The molecule has 0 bridgehead atoms. The molecule has 7 nitrogen and oxygen atoms in total. The molecule has 0 aliphatic carbocycles. The molecule has 0 atom stereocenters. The van der Waals surface area contributed by atoms with Crippen LogP contribution in [0.5, 0.6) is 11.5 Å². The largest absolute Gasteiger partial charge is 0.497 e. The topological polar surface area (TPSA) is 89.6 Å². The van der Waals surface area contributed by atoms with E-state index in [1.165, 1.54) is 25.6 Å². The Morgan fingerprint density at radius 3 is 2.45 bits per heavy atom. The number of aromatic nitrogens is 1. The highest BCUT2D eigenvalue weighted by molar-refractivity contribution is 7.14. The van der Waals surface area contributed by atoms with E-state index in [1.54, 1.807) is 47.8 Å². The number of thiazole rings is 1. The zero-order valence-corrected chi connectivity index (χ0v) is 17.3. The molecule has 150 valence electrons. The van der Waals surface area contributed by atoms with Gasteiger partial charge >= 0.3 is 0 Å². The SMILES string of the molecule is COc1cc(OC)cc(C(=O)Nc2nc(CC(=O)Nc3cccc(Cl)c3)cs2)c1. The van der Waals surface area contributed by atoms with Gasteiger partial charge in [-0.15, -0.1) is 11.3 Å². The number of carbonyl (C=O) groups is 2. The molecular formula is C20H18ClN3O4S. The molecule has 2 N–H and O–H groups in total. The molecule has 29 heavy (non-hydrogen) atoms. The van der Waals surface area contributed by atoms with Crippen molar-refractivity contribution in [3.05, 3.63) is 64.1 Å². The second kappa shape index (κ2) is 9.40. The van der Waals surface area contributed by atoms with Crippen molar-refractivity contribution in [1.29, 1.82) is 0 Å². The van der Waals surface area contributed by atoms with Crippen molar-refractivity contribution in [3.8, 4) is 11.5 Å². The number of nitrogens with one attached hydrogen (secondary N) is 2. The Balaban J connectivity index is 1.62. The predicted octanol–water partition coefficient (Wildman–Crippen LogP) is 4.25. The van der Waals surface area contributed by atoms with Crippen LogP contribution in [0.25, 0.3) is 0 Å². The first-order valence-electron chi connectivity index (χ1n) is 8.51. The maximum atomic E-state index is 12.5. The Morgan fingerprint density at radius 1 is 1.07 bits per heavy atom. The van der Waals surface area contributed by atoms with Crippen LogP contribution in [0.15, 0.2) is 47.8 Å². The molecule has 0 radical (unpaired) electrons. The highest BCUT2D eigenvalue weighted by atomic mass is 35.5. The van der Waals surface area contributed by atoms with Crippen molar-refractivity contribution in [2.24, 2.45) is 0 Å². The lowest BCUT2D eigenvalue weighted by Crippen LogP contribution is -2.15. The van der Waals surface area contributed by atoms with Gasteiger partial charge < -0.3 is 14.8 Å². The van der Waals surface area contributed by atoms with Crippen molar-refractivity contribution >= 4 is 45.6 Å². The molecule has 0 saturated heterocycles. The molecule has 0 unspecified atom stereocenters. The van der Waals surface area contributed by atoms with Crippen LogP contribution in [-0.4, -0.2) is 31.0 Å². The maximum absolute atomic E-state index is 12.5. The van der Waals surface area contributed by atoms with Crippen LogP contribution in [0, 0.1) is 0 Å². The first-order chi connectivity index (χ1) is 14.0. The van der Waals surface area contributed by atoms with Crippen molar-refractivity contribution in [2.75, 3.05) is 24.9 Å². The number of ether oxygens (including phenoxy) is 2. The van der Waals surface area contributed by atoms with Gasteiger partial charge in [0.25, 0.3) is 5.91 Å². The fourth-order valence-electron chi connectivity index (χ4n) is 2.49. The van der Waals surface area contributed by atoms with E-state index < -0.39 is 0 Å². The number of amides is 2. The van der Waals surface area contributed by atoms with Crippen LogP contribution in [0.1, 0.15) is 16.1 Å². The van der Waals surface area contributed by atoms with Crippen molar-refractivity contribution < 1.29 is 19.1 Å². The molecule has 9 heteroatoms. The van der Waals surface area contributed by atoms with Gasteiger partial charge in [-0.3, -0.25) is 14.9 Å². The van der Waals surface area contributed by atoms with E-state index in [2.05, 4.69) is 15.6 Å². The number of anilines is 2. The van der Waals surface area contributed by atoms with E-state index in [4.69, 9.17) is 21.1 Å². The summed E-state index contributed by atoms with van der Waals surface area (Å²) in [6.07, 6.45) is 0.0753. The normalized spacial score (nSPS) is 10.3. The fourth-order valence-corrected chi connectivity index (χ4v) is 3.38. The van der Waals surface area contributed by atoms with Gasteiger partial charge in [-0.25, -0.2) is 4.98 Å². The summed E-state index contributed by atoms with van der Waals surface area (Å²) >= 11 is 7.15. The van der Waals surface area contributed by atoms with Gasteiger partial charge in [-0.1, -0.05) is 17.7 Å². The monoisotopic (exact) mass is 431 g/mol. The van der Waals surface area contributed by atoms with Gasteiger partial charge in [-0.2, -0.15) is 0 Å². The summed E-state index contributed by atoms with van der Waals surface area (Å²) in [5.41, 5.74) is 1.53. The molecule has 1 aromatic heterocycles. The number of hydrogen-bond acceptors (Lipinski definition) is 6. The fraction of sp³-hybridized carbons (Fsp3) is 0.150. The molecule has 0 spiro atoms. The number of benzene rings is 2. The van der Waals surface area contributed by atoms with Crippen LogP contribution in [0.3, 0.4) is 0 Å². The maximum Gasteiger partial charge on any atom is 0.257 e. The minimum atomic E-state index is -0.355. The number of nitrogens with zero attached hydrogens (tertiary/aromatic N) is 1. The Kier molecular flexibility index (Phi) is 6.69. The van der Waals surface area contributed by atoms with Gasteiger partial charge in [-0.05, 0) is 30.3 Å². The highest BCUT2D eigenvalue weighted by Crippen LogP contribution is 2.24. The van der Waals surface area contributed by atoms with Crippen LogP contribution in [-0.2, 0) is 11.2 Å². The molecule has 0 aliphatic heterocycles. The third-order valence-corrected chi connectivity index (χ3v) is 4.88. The Morgan fingerprint density at radius 2 is 1.79 bits per heavy atom. The summed E-state index contributed by atoms with van der Waals surface area (Å²) in [5, 5.41) is 8.13. The van der Waals surface area contributed by atoms with Crippen molar-refractivity contribution in [1.82, 2.24) is 4.98 Å². The first kappa shape index (κ1) is 20.6. The smallest absolute Gasteiger partial charge is 0.257 e. The lowest BCUT2D eigenvalue weighted by atomic mass is 10.2. The van der Waals surface area contributed by atoms with E-state index in [0.29, 0.717) is 38.6 Å². The number of hydrogen-bond donors (Lipinski definition) is 2. The third kappa shape index (κ3) is 5.69. The van der Waals surface area contributed by atoms with Crippen LogP contribution in [0.4, 0.5) is 10.8 Å². The van der Waals surface area contributed by atoms with E-state index in [0.717, 1.165) is 0 Å². The molecular weight excluding hydrogens is 414 g/mol. The van der Waals surface area contributed by atoms with Crippen LogP contribution >= 0.6 is 22.9 Å². The summed E-state index contributed by atoms with van der Waals surface area (Å²) in [4.78, 5) is 29.0. The van der Waals surface area contributed by atoms with E-state index in [1.807, 2.05) is 0 Å². The van der Waals surface area contributed by atoms with E-state index >= 15 is 0 Å². The molecule has 0 saturated carbocycles. The van der Waals surface area contributed by atoms with Crippen molar-refractivity contribution in [3.63, 3.8) is 0 Å². The summed E-state index contributed by atoms with van der Waals surface area (Å²) in [6.45, 7) is 0. The second-order valence-corrected chi connectivity index (χ2v) is 7.23. The third-order valence-electron chi connectivity index (χ3n) is 3.84. The van der Waals surface area contributed by atoms with E-state index in [9.17, 15) is 9.59 Å². The summed E-state index contributed by atoms with van der Waals surface area (Å²) in [7, 11) is 3.02. The van der Waals surface area contributed by atoms with Gasteiger partial charge in [0, 0.05) is 27.7 Å². The number of rotatable bonds is 7. The number of carbonyl (C=O) groups excluding carboxylic acids is 2. The zero-order chi connectivity index (χ0) is 20.8. The Bertz CT molecular complexity index is 1020.